The molecule has 33 heavy (non-hydrogen) atoms. The molecule has 1 saturated heterocycles. The number of alkyl halides is 3. The third-order valence-electron chi connectivity index (χ3n) is 5.35. The Kier molecular flexibility index (Phi) is 7.54. The van der Waals surface area contributed by atoms with Gasteiger partial charge in [-0.15, -0.1) is 0 Å². The number of aliphatic hydroxyl groups is 2. The van der Waals surface area contributed by atoms with E-state index < -0.39 is 35.8 Å². The fourth-order valence-corrected chi connectivity index (χ4v) is 3.41. The van der Waals surface area contributed by atoms with Gasteiger partial charge in [0.1, 0.15) is 5.82 Å². The standard InChI is InChI=1S/C22H23F4N3O4/c23-16-5-7-17(8-6-16)28-9-11-29(12-10-28)21(33)19(31)18(30)20(32)27-13-14-1-3-15(4-2-14)22(24,25)26/h1-8,18-19,30-31H,9-13H2,(H,27,32)/t18?,19-/m1/s1. The zero-order valence-electron chi connectivity index (χ0n) is 17.4. The molecule has 2 aromatic rings. The van der Waals surface area contributed by atoms with Crippen LogP contribution in [-0.2, 0) is 22.3 Å². The van der Waals surface area contributed by atoms with E-state index in [9.17, 15) is 37.4 Å². The molecule has 2 atom stereocenters. The van der Waals surface area contributed by atoms with Crippen molar-refractivity contribution in [3.05, 3.63) is 65.5 Å². The fraction of sp³-hybridized carbons (Fsp3) is 0.364. The quantitative estimate of drug-likeness (QED) is 0.559. The first-order valence-corrected chi connectivity index (χ1v) is 10.2. The second-order valence-electron chi connectivity index (χ2n) is 7.59. The number of anilines is 1. The van der Waals surface area contributed by atoms with Crippen LogP contribution in [0.1, 0.15) is 11.1 Å². The van der Waals surface area contributed by atoms with E-state index in [0.717, 1.165) is 17.8 Å². The Labute approximate surface area is 187 Å². The molecule has 0 aliphatic carbocycles. The van der Waals surface area contributed by atoms with E-state index in [1.165, 1.54) is 29.2 Å². The molecular weight excluding hydrogens is 446 g/mol. The number of hydrogen-bond donors (Lipinski definition) is 3. The van der Waals surface area contributed by atoms with Crippen LogP contribution < -0.4 is 10.2 Å². The number of halogens is 4. The Morgan fingerprint density at radius 2 is 1.48 bits per heavy atom. The van der Waals surface area contributed by atoms with Crippen molar-refractivity contribution in [2.45, 2.75) is 24.9 Å². The lowest BCUT2D eigenvalue weighted by Gasteiger charge is -2.37. The Morgan fingerprint density at radius 3 is 2.03 bits per heavy atom. The molecule has 2 amide bonds. The molecule has 0 bridgehead atoms. The number of benzene rings is 2. The SMILES string of the molecule is O=C(NCc1ccc(C(F)(F)F)cc1)C(O)[C@@H](O)C(=O)N1CCN(c2ccc(F)cc2)CC1. The lowest BCUT2D eigenvalue weighted by atomic mass is 10.1. The van der Waals surface area contributed by atoms with E-state index in [1.54, 1.807) is 12.1 Å². The van der Waals surface area contributed by atoms with E-state index in [0.29, 0.717) is 18.7 Å². The summed E-state index contributed by atoms with van der Waals surface area (Å²) in [6.45, 7) is 1.10. The van der Waals surface area contributed by atoms with E-state index in [2.05, 4.69) is 5.32 Å². The molecule has 1 heterocycles. The topological polar surface area (TPSA) is 93.1 Å². The van der Waals surface area contributed by atoms with Gasteiger partial charge in [0.25, 0.3) is 11.8 Å². The number of carbonyl (C=O) groups excluding carboxylic acids is 2. The maximum Gasteiger partial charge on any atom is 0.416 e. The monoisotopic (exact) mass is 469 g/mol. The van der Waals surface area contributed by atoms with Crippen LogP contribution in [0.2, 0.25) is 0 Å². The van der Waals surface area contributed by atoms with Gasteiger partial charge in [-0.2, -0.15) is 13.2 Å². The van der Waals surface area contributed by atoms with Crippen molar-refractivity contribution in [1.29, 1.82) is 0 Å². The molecule has 0 saturated carbocycles. The van der Waals surface area contributed by atoms with Crippen LogP contribution in [0.15, 0.2) is 48.5 Å². The minimum absolute atomic E-state index is 0.189. The number of rotatable bonds is 6. The lowest BCUT2D eigenvalue weighted by molar-refractivity contribution is -0.153. The summed E-state index contributed by atoms with van der Waals surface area (Å²) in [5.41, 5.74) is 0.297. The Hall–Kier alpha value is -3.18. The predicted octanol–water partition coefficient (Wildman–Crippen LogP) is 1.53. The molecule has 178 valence electrons. The van der Waals surface area contributed by atoms with Gasteiger partial charge in [-0.1, -0.05) is 12.1 Å². The second kappa shape index (κ2) is 10.2. The highest BCUT2D eigenvalue weighted by atomic mass is 19.4. The van der Waals surface area contributed by atoms with Gasteiger partial charge in [0.15, 0.2) is 12.2 Å². The summed E-state index contributed by atoms with van der Waals surface area (Å²) in [4.78, 5) is 27.9. The highest BCUT2D eigenvalue weighted by Crippen LogP contribution is 2.29. The van der Waals surface area contributed by atoms with Crippen LogP contribution in [0.25, 0.3) is 0 Å². The molecule has 0 spiro atoms. The highest BCUT2D eigenvalue weighted by molar-refractivity contribution is 5.90. The van der Waals surface area contributed by atoms with E-state index in [-0.39, 0.29) is 25.5 Å². The molecule has 3 rings (SSSR count). The van der Waals surface area contributed by atoms with Crippen molar-refractivity contribution in [3.63, 3.8) is 0 Å². The van der Waals surface area contributed by atoms with Crippen molar-refractivity contribution in [3.8, 4) is 0 Å². The molecule has 1 unspecified atom stereocenters. The summed E-state index contributed by atoms with van der Waals surface area (Å²) >= 11 is 0. The van der Waals surface area contributed by atoms with Gasteiger partial charge < -0.3 is 25.3 Å². The third kappa shape index (κ3) is 6.20. The van der Waals surface area contributed by atoms with Crippen LogP contribution in [0.3, 0.4) is 0 Å². The predicted molar refractivity (Wildman–Crippen MR) is 110 cm³/mol. The maximum absolute atomic E-state index is 13.1. The Balaban J connectivity index is 1.48. The highest BCUT2D eigenvalue weighted by Gasteiger charge is 2.34. The summed E-state index contributed by atoms with van der Waals surface area (Å²) in [5.74, 6) is -2.20. The molecule has 2 aromatic carbocycles. The van der Waals surface area contributed by atoms with Gasteiger partial charge in [-0.05, 0) is 42.0 Å². The number of carbonyl (C=O) groups is 2. The zero-order chi connectivity index (χ0) is 24.2. The van der Waals surface area contributed by atoms with Gasteiger partial charge in [0.05, 0.1) is 5.56 Å². The summed E-state index contributed by atoms with van der Waals surface area (Å²) in [6.07, 6.45) is -8.51. The molecule has 1 aliphatic rings. The molecule has 0 radical (unpaired) electrons. The van der Waals surface area contributed by atoms with Gasteiger partial charge >= 0.3 is 6.18 Å². The first-order valence-electron chi connectivity index (χ1n) is 10.2. The summed E-state index contributed by atoms with van der Waals surface area (Å²) in [6, 6.07) is 9.98. The third-order valence-corrected chi connectivity index (χ3v) is 5.35. The molecule has 3 N–H and O–H groups in total. The van der Waals surface area contributed by atoms with Gasteiger partial charge in [0.2, 0.25) is 0 Å². The van der Waals surface area contributed by atoms with Crippen molar-refractivity contribution >= 4 is 17.5 Å². The number of amides is 2. The van der Waals surface area contributed by atoms with Gasteiger partial charge in [0, 0.05) is 38.4 Å². The van der Waals surface area contributed by atoms with Crippen molar-refractivity contribution in [2.24, 2.45) is 0 Å². The van der Waals surface area contributed by atoms with Crippen molar-refractivity contribution in [2.75, 3.05) is 31.1 Å². The van der Waals surface area contributed by atoms with Crippen LogP contribution in [0.5, 0.6) is 0 Å². The largest absolute Gasteiger partial charge is 0.416 e. The van der Waals surface area contributed by atoms with E-state index in [1.807, 2.05) is 4.90 Å². The molecule has 1 fully saturated rings. The number of aliphatic hydroxyl groups excluding tert-OH is 2. The first kappa shape index (κ1) is 24.5. The van der Waals surface area contributed by atoms with Crippen LogP contribution >= 0.6 is 0 Å². The summed E-state index contributed by atoms with van der Waals surface area (Å²) in [7, 11) is 0. The number of piperazine rings is 1. The van der Waals surface area contributed by atoms with Crippen LogP contribution in [-0.4, -0.2) is 65.3 Å². The average molecular weight is 469 g/mol. The van der Waals surface area contributed by atoms with E-state index in [4.69, 9.17) is 0 Å². The smallest absolute Gasteiger partial charge is 0.380 e. The number of nitrogens with zero attached hydrogens (tertiary/aromatic N) is 2. The summed E-state index contributed by atoms with van der Waals surface area (Å²) < 4.78 is 50.9. The van der Waals surface area contributed by atoms with Crippen LogP contribution in [0.4, 0.5) is 23.2 Å². The first-order chi connectivity index (χ1) is 15.6. The van der Waals surface area contributed by atoms with Crippen molar-refractivity contribution < 1.29 is 37.4 Å². The maximum atomic E-state index is 13.1. The zero-order valence-corrected chi connectivity index (χ0v) is 17.4. The van der Waals surface area contributed by atoms with Gasteiger partial charge in [-0.3, -0.25) is 9.59 Å². The molecule has 0 aromatic heterocycles. The molecule has 11 heteroatoms. The van der Waals surface area contributed by atoms with Crippen LogP contribution in [0, 0.1) is 5.82 Å². The Morgan fingerprint density at radius 1 is 0.909 bits per heavy atom. The lowest BCUT2D eigenvalue weighted by Crippen LogP contribution is -2.55. The average Bonchev–Trinajstić information content (AvgIpc) is 2.81. The summed E-state index contributed by atoms with van der Waals surface area (Å²) in [5, 5.41) is 22.5. The van der Waals surface area contributed by atoms with Crippen molar-refractivity contribution in [1.82, 2.24) is 10.2 Å². The molecule has 7 nitrogen and oxygen atoms in total. The van der Waals surface area contributed by atoms with E-state index >= 15 is 0 Å². The minimum Gasteiger partial charge on any atom is -0.380 e. The normalized spacial score (nSPS) is 16.3. The fourth-order valence-electron chi connectivity index (χ4n) is 3.41. The minimum atomic E-state index is -4.48. The molecule has 1 aliphatic heterocycles. The Bertz CT molecular complexity index is 959. The molecular formula is C22H23F4N3O4. The number of nitrogens with one attached hydrogen (secondary N) is 1. The van der Waals surface area contributed by atoms with Gasteiger partial charge in [-0.25, -0.2) is 4.39 Å². The number of hydrogen-bond acceptors (Lipinski definition) is 5. The second-order valence-corrected chi connectivity index (χ2v) is 7.59.